The van der Waals surface area contributed by atoms with Crippen LogP contribution in [0.15, 0.2) is 48.5 Å². The van der Waals surface area contributed by atoms with Gasteiger partial charge in [-0.25, -0.2) is 4.98 Å². The fourth-order valence-corrected chi connectivity index (χ4v) is 4.25. The Balaban J connectivity index is 1.75. The lowest BCUT2D eigenvalue weighted by Gasteiger charge is -2.33. The Morgan fingerprint density at radius 1 is 1.00 bits per heavy atom. The summed E-state index contributed by atoms with van der Waals surface area (Å²) in [6.07, 6.45) is -2.25. The van der Waals surface area contributed by atoms with Crippen LogP contribution in [0.2, 0.25) is 0 Å². The Morgan fingerprint density at radius 2 is 1.70 bits per heavy atom. The smallest absolute Gasteiger partial charge is 0.508 e. The molecule has 2 aromatic rings. The van der Waals surface area contributed by atoms with Crippen LogP contribution in [0.3, 0.4) is 0 Å². The fourth-order valence-electron chi connectivity index (χ4n) is 4.25. The summed E-state index contributed by atoms with van der Waals surface area (Å²) in [5.41, 5.74) is 1.47. The van der Waals surface area contributed by atoms with Gasteiger partial charge in [0.2, 0.25) is 11.8 Å². The minimum atomic E-state index is -1.34. The van der Waals surface area contributed by atoms with Crippen molar-refractivity contribution in [3.8, 4) is 11.3 Å². The lowest BCUT2D eigenvalue weighted by Crippen LogP contribution is -2.61. The topological polar surface area (TPSA) is 156 Å². The van der Waals surface area contributed by atoms with Crippen LogP contribution < -0.4 is 16.0 Å². The molecule has 1 saturated heterocycles. The molecule has 2 heterocycles. The first-order valence-electron chi connectivity index (χ1n) is 13.4. The number of carbonyl (C=O) groups is 4. The predicted octanol–water partition coefficient (Wildman–Crippen LogP) is 1.64. The fraction of sp³-hybridized carbons (Fsp3) is 0.464. The number of amides is 3. The number of aromatic nitrogens is 1. The number of carbonyl (C=O) groups excluding carboxylic acids is 4. The van der Waals surface area contributed by atoms with Crippen LogP contribution in [-0.2, 0) is 23.7 Å². The number of hydrogen-bond acceptors (Lipinski definition) is 8. The summed E-state index contributed by atoms with van der Waals surface area (Å²) in [6, 6.07) is 12.8. The van der Waals surface area contributed by atoms with Gasteiger partial charge in [0, 0.05) is 11.6 Å². The lowest BCUT2D eigenvalue weighted by atomic mass is 9.72. The molecule has 4 atom stereocenters. The van der Waals surface area contributed by atoms with Gasteiger partial charge in [0.25, 0.3) is 11.9 Å². The number of benzene rings is 1. The molecule has 0 saturated carbocycles. The molecule has 40 heavy (non-hydrogen) atoms. The Bertz CT molecular complexity index is 1190. The van der Waals surface area contributed by atoms with E-state index in [1.54, 1.807) is 26.0 Å². The van der Waals surface area contributed by atoms with Crippen LogP contribution in [0.25, 0.3) is 11.3 Å². The van der Waals surface area contributed by atoms with Gasteiger partial charge < -0.3 is 30.4 Å². The summed E-state index contributed by atoms with van der Waals surface area (Å²) < 4.78 is 11.2. The molecule has 3 amide bonds. The zero-order valence-corrected chi connectivity index (χ0v) is 23.4. The van der Waals surface area contributed by atoms with Crippen molar-refractivity contribution in [2.24, 2.45) is 5.92 Å². The molecular weight excluding hydrogens is 515 g/mol. The first kappa shape index (κ1) is 30.8. The number of nitrogens with one attached hydrogen (secondary N) is 3. The van der Waals surface area contributed by atoms with Gasteiger partial charge in [-0.05, 0) is 45.2 Å². The molecule has 1 aliphatic rings. The summed E-state index contributed by atoms with van der Waals surface area (Å²) in [5.74, 6) is -3.24. The summed E-state index contributed by atoms with van der Waals surface area (Å²) in [6.45, 7) is 8.77. The second kappa shape index (κ2) is 14.0. The molecule has 3 rings (SSSR count). The third-order valence-electron chi connectivity index (χ3n) is 6.11. The van der Waals surface area contributed by atoms with Crippen molar-refractivity contribution < 1.29 is 33.6 Å². The van der Waals surface area contributed by atoms with E-state index in [4.69, 9.17) is 9.31 Å². The molecule has 12 heteroatoms. The molecule has 0 spiro atoms. The van der Waals surface area contributed by atoms with E-state index in [0.717, 1.165) is 5.56 Å². The molecule has 0 radical (unpaired) electrons. The van der Waals surface area contributed by atoms with Crippen LogP contribution in [0.5, 0.6) is 0 Å². The summed E-state index contributed by atoms with van der Waals surface area (Å²) in [7, 11) is -1.23. The first-order valence-corrected chi connectivity index (χ1v) is 13.4. The van der Waals surface area contributed by atoms with E-state index >= 15 is 0 Å². The van der Waals surface area contributed by atoms with Crippen molar-refractivity contribution in [3.05, 3.63) is 54.2 Å². The van der Waals surface area contributed by atoms with Crippen molar-refractivity contribution in [1.29, 1.82) is 0 Å². The van der Waals surface area contributed by atoms with Gasteiger partial charge in [-0.3, -0.25) is 19.2 Å². The van der Waals surface area contributed by atoms with E-state index in [-0.39, 0.29) is 24.1 Å². The number of aliphatic hydroxyl groups is 1. The molecule has 1 aromatic heterocycles. The standard InChI is InChI=1S/C28H37BN4O7/c1-16(2)14-23(29-39-22(15-24(35)40-29)27(37)30-17(3)4)32-28(38)25(18(5)34)33-26(36)21-13-9-12-20(31-21)19-10-7-6-8-11-19/h6-13,16-18,22-23,25,34H,14-15H2,1-5H3,(H,30,37)(H,32,38)(H,33,36)/t18-,22-,23+,25?/m1/s1. The minimum Gasteiger partial charge on any atom is -0.508 e. The van der Waals surface area contributed by atoms with E-state index in [9.17, 15) is 24.3 Å². The maximum atomic E-state index is 13.3. The monoisotopic (exact) mass is 552 g/mol. The molecule has 11 nitrogen and oxygen atoms in total. The van der Waals surface area contributed by atoms with Gasteiger partial charge in [0.1, 0.15) is 17.8 Å². The maximum Gasteiger partial charge on any atom is 0.551 e. The highest BCUT2D eigenvalue weighted by Gasteiger charge is 2.45. The second-order valence-electron chi connectivity index (χ2n) is 10.6. The zero-order chi connectivity index (χ0) is 29.4. The molecule has 1 unspecified atom stereocenters. The molecular formula is C28H37BN4O7. The SMILES string of the molecule is CC(C)C[C@H](NC(=O)C(NC(=O)c1cccc(-c2ccccc2)n1)[C@@H](C)O)B1OC(=O)C[C@H](C(=O)NC(C)C)O1. The van der Waals surface area contributed by atoms with Crippen molar-refractivity contribution in [1.82, 2.24) is 20.9 Å². The molecule has 214 valence electrons. The average Bonchev–Trinajstić information content (AvgIpc) is 2.90. The van der Waals surface area contributed by atoms with Crippen LogP contribution in [0, 0.1) is 5.92 Å². The maximum absolute atomic E-state index is 13.3. The van der Waals surface area contributed by atoms with E-state index in [1.165, 1.54) is 13.0 Å². The molecule has 1 aliphatic heterocycles. The lowest BCUT2D eigenvalue weighted by molar-refractivity contribution is -0.149. The largest absolute Gasteiger partial charge is 0.551 e. The van der Waals surface area contributed by atoms with E-state index in [0.29, 0.717) is 12.1 Å². The van der Waals surface area contributed by atoms with Crippen LogP contribution in [0.1, 0.15) is 57.9 Å². The normalized spacial score (nSPS) is 17.6. The van der Waals surface area contributed by atoms with Crippen molar-refractivity contribution in [2.45, 2.75) is 77.7 Å². The highest BCUT2D eigenvalue weighted by Crippen LogP contribution is 2.19. The Kier molecular flexibility index (Phi) is 10.8. The van der Waals surface area contributed by atoms with Crippen molar-refractivity contribution in [2.75, 3.05) is 0 Å². The zero-order valence-electron chi connectivity index (χ0n) is 23.4. The quantitative estimate of drug-likeness (QED) is 0.307. The van der Waals surface area contributed by atoms with Gasteiger partial charge in [-0.1, -0.05) is 50.2 Å². The summed E-state index contributed by atoms with van der Waals surface area (Å²) >= 11 is 0. The average molecular weight is 552 g/mol. The second-order valence-corrected chi connectivity index (χ2v) is 10.6. The van der Waals surface area contributed by atoms with Crippen LogP contribution in [-0.4, -0.2) is 71.1 Å². The molecule has 0 aliphatic carbocycles. The van der Waals surface area contributed by atoms with Gasteiger partial charge in [-0.15, -0.1) is 0 Å². The molecule has 0 bridgehead atoms. The minimum absolute atomic E-state index is 0.0435. The summed E-state index contributed by atoms with van der Waals surface area (Å²) in [4.78, 5) is 55.6. The Morgan fingerprint density at radius 3 is 2.33 bits per heavy atom. The first-order chi connectivity index (χ1) is 18.9. The van der Waals surface area contributed by atoms with Crippen molar-refractivity contribution >= 4 is 30.8 Å². The van der Waals surface area contributed by atoms with Crippen LogP contribution >= 0.6 is 0 Å². The molecule has 4 N–H and O–H groups in total. The highest BCUT2D eigenvalue weighted by molar-refractivity contribution is 6.50. The molecule has 1 aromatic carbocycles. The molecule has 1 fully saturated rings. The number of aliphatic hydroxyl groups excluding tert-OH is 1. The van der Waals surface area contributed by atoms with Gasteiger partial charge in [-0.2, -0.15) is 0 Å². The van der Waals surface area contributed by atoms with E-state index in [1.807, 2.05) is 44.2 Å². The number of rotatable bonds is 11. The van der Waals surface area contributed by atoms with Gasteiger partial charge in [0.05, 0.1) is 24.2 Å². The third-order valence-corrected chi connectivity index (χ3v) is 6.11. The van der Waals surface area contributed by atoms with Gasteiger partial charge >= 0.3 is 7.12 Å². The van der Waals surface area contributed by atoms with Crippen molar-refractivity contribution in [3.63, 3.8) is 0 Å². The number of pyridine rings is 1. The van der Waals surface area contributed by atoms with E-state index < -0.39 is 55.0 Å². The Hall–Kier alpha value is -3.77. The van der Waals surface area contributed by atoms with Gasteiger partial charge in [0.15, 0.2) is 0 Å². The predicted molar refractivity (Wildman–Crippen MR) is 149 cm³/mol. The number of hydrogen-bond donors (Lipinski definition) is 4. The summed E-state index contributed by atoms with van der Waals surface area (Å²) in [5, 5.41) is 18.4. The highest BCUT2D eigenvalue weighted by atomic mass is 16.6. The third kappa shape index (κ3) is 8.62. The van der Waals surface area contributed by atoms with E-state index in [2.05, 4.69) is 20.9 Å². The number of nitrogens with zero attached hydrogens (tertiary/aromatic N) is 1. The van der Waals surface area contributed by atoms with Crippen LogP contribution in [0.4, 0.5) is 0 Å². The Labute approximate surface area is 234 Å².